The van der Waals surface area contributed by atoms with E-state index in [1.54, 1.807) is 35.6 Å². The van der Waals surface area contributed by atoms with E-state index in [9.17, 15) is 8.42 Å². The molecule has 3 heterocycles. The molecule has 0 amide bonds. The SMILES string of the molecule is CN(C)S(=O)(=O)N1CCC(Cc2cc(-c3ccnn3C)ncn2)CC1. The van der Waals surface area contributed by atoms with Crippen molar-refractivity contribution in [2.45, 2.75) is 19.3 Å². The standard InChI is InChI=1S/C16H24N6O2S/c1-20(2)25(23,24)22-8-5-13(6-9-22)10-14-11-15(18-12-17-14)16-4-7-19-21(16)3/h4,7,11-13H,5-6,8-10H2,1-3H3. The fourth-order valence-corrected chi connectivity index (χ4v) is 4.28. The van der Waals surface area contributed by atoms with Gasteiger partial charge in [-0.25, -0.2) is 9.97 Å². The normalized spacial score (nSPS) is 17.3. The number of hydrogen-bond acceptors (Lipinski definition) is 5. The van der Waals surface area contributed by atoms with Crippen LogP contribution >= 0.6 is 0 Å². The zero-order chi connectivity index (χ0) is 18.0. The van der Waals surface area contributed by atoms with Crippen molar-refractivity contribution >= 4 is 10.2 Å². The van der Waals surface area contributed by atoms with Crippen LogP contribution in [0.25, 0.3) is 11.4 Å². The minimum Gasteiger partial charge on any atom is -0.266 e. The molecule has 1 fully saturated rings. The van der Waals surface area contributed by atoms with Crippen LogP contribution in [0.5, 0.6) is 0 Å². The van der Waals surface area contributed by atoms with Crippen LogP contribution in [0.4, 0.5) is 0 Å². The first-order chi connectivity index (χ1) is 11.9. The molecule has 25 heavy (non-hydrogen) atoms. The number of aromatic nitrogens is 4. The summed E-state index contributed by atoms with van der Waals surface area (Å²) in [6, 6.07) is 3.93. The zero-order valence-corrected chi connectivity index (χ0v) is 15.6. The average Bonchev–Trinajstić information content (AvgIpc) is 3.01. The molecule has 0 aliphatic carbocycles. The molecule has 0 bridgehead atoms. The van der Waals surface area contributed by atoms with Gasteiger partial charge < -0.3 is 0 Å². The molecular formula is C16H24N6O2S. The molecule has 0 spiro atoms. The summed E-state index contributed by atoms with van der Waals surface area (Å²) in [4.78, 5) is 8.72. The first-order valence-corrected chi connectivity index (χ1v) is 9.74. The van der Waals surface area contributed by atoms with Crippen LogP contribution in [0, 0.1) is 5.92 Å². The van der Waals surface area contributed by atoms with Gasteiger partial charge in [-0.05, 0) is 37.3 Å². The molecule has 0 aromatic carbocycles. The van der Waals surface area contributed by atoms with Gasteiger partial charge in [-0.3, -0.25) is 4.68 Å². The number of aryl methyl sites for hydroxylation is 1. The third kappa shape index (κ3) is 3.88. The maximum atomic E-state index is 12.2. The number of rotatable bonds is 5. The molecule has 1 aliphatic rings. The largest absolute Gasteiger partial charge is 0.281 e. The quantitative estimate of drug-likeness (QED) is 0.788. The zero-order valence-electron chi connectivity index (χ0n) is 14.8. The van der Waals surface area contributed by atoms with E-state index in [4.69, 9.17) is 0 Å². The van der Waals surface area contributed by atoms with Crippen LogP contribution in [0.1, 0.15) is 18.5 Å². The highest BCUT2D eigenvalue weighted by Gasteiger charge is 2.29. The number of piperidine rings is 1. The van der Waals surface area contributed by atoms with Crippen molar-refractivity contribution in [1.29, 1.82) is 0 Å². The minimum absolute atomic E-state index is 0.433. The molecule has 0 saturated carbocycles. The molecule has 136 valence electrons. The molecule has 8 nitrogen and oxygen atoms in total. The van der Waals surface area contributed by atoms with Crippen LogP contribution in [0.15, 0.2) is 24.7 Å². The second-order valence-corrected chi connectivity index (χ2v) is 8.71. The van der Waals surface area contributed by atoms with Crippen molar-refractivity contribution in [3.8, 4) is 11.4 Å². The van der Waals surface area contributed by atoms with Gasteiger partial charge in [-0.2, -0.15) is 22.1 Å². The van der Waals surface area contributed by atoms with E-state index in [1.165, 1.54) is 4.31 Å². The Hall–Kier alpha value is -1.84. The smallest absolute Gasteiger partial charge is 0.266 e. The molecule has 2 aromatic heterocycles. The minimum atomic E-state index is -3.31. The van der Waals surface area contributed by atoms with Gasteiger partial charge in [-0.1, -0.05) is 0 Å². The Morgan fingerprint density at radius 1 is 1.24 bits per heavy atom. The molecule has 3 rings (SSSR count). The maximum Gasteiger partial charge on any atom is 0.281 e. The Balaban J connectivity index is 1.64. The van der Waals surface area contributed by atoms with Gasteiger partial charge in [0.2, 0.25) is 0 Å². The molecule has 9 heteroatoms. The van der Waals surface area contributed by atoms with Gasteiger partial charge in [0.25, 0.3) is 10.2 Å². The van der Waals surface area contributed by atoms with Crippen molar-refractivity contribution in [3.63, 3.8) is 0 Å². The predicted molar refractivity (Wildman–Crippen MR) is 94.8 cm³/mol. The molecule has 0 unspecified atom stereocenters. The van der Waals surface area contributed by atoms with Gasteiger partial charge in [0, 0.05) is 46.1 Å². The van der Waals surface area contributed by atoms with E-state index >= 15 is 0 Å². The van der Waals surface area contributed by atoms with Gasteiger partial charge in [0.1, 0.15) is 6.33 Å². The topological polar surface area (TPSA) is 84.2 Å². The number of nitrogens with zero attached hydrogens (tertiary/aromatic N) is 6. The van der Waals surface area contributed by atoms with Crippen molar-refractivity contribution in [1.82, 2.24) is 28.4 Å². The Labute approximate surface area is 148 Å². The third-order valence-electron chi connectivity index (χ3n) is 4.67. The van der Waals surface area contributed by atoms with E-state index in [2.05, 4.69) is 15.1 Å². The summed E-state index contributed by atoms with van der Waals surface area (Å²) in [5, 5.41) is 4.17. The van der Waals surface area contributed by atoms with Gasteiger partial charge >= 0.3 is 0 Å². The van der Waals surface area contributed by atoms with E-state index < -0.39 is 10.2 Å². The van der Waals surface area contributed by atoms with Crippen LogP contribution in [0.2, 0.25) is 0 Å². The highest BCUT2D eigenvalue weighted by molar-refractivity contribution is 7.86. The maximum absolute atomic E-state index is 12.2. The van der Waals surface area contributed by atoms with E-state index in [-0.39, 0.29) is 0 Å². The molecule has 0 atom stereocenters. The molecule has 0 N–H and O–H groups in total. The molecule has 0 radical (unpaired) electrons. The number of hydrogen-bond donors (Lipinski definition) is 0. The summed E-state index contributed by atoms with van der Waals surface area (Å²) in [6.07, 6.45) is 5.86. The van der Waals surface area contributed by atoms with Gasteiger partial charge in [0.05, 0.1) is 11.4 Å². The highest BCUT2D eigenvalue weighted by Crippen LogP contribution is 2.24. The Kier molecular flexibility index (Phi) is 5.16. The molecule has 1 aliphatic heterocycles. The van der Waals surface area contributed by atoms with Crippen molar-refractivity contribution in [3.05, 3.63) is 30.4 Å². The summed E-state index contributed by atoms with van der Waals surface area (Å²) in [6.45, 7) is 1.12. The Morgan fingerprint density at radius 3 is 2.56 bits per heavy atom. The average molecular weight is 364 g/mol. The van der Waals surface area contributed by atoms with Gasteiger partial charge in [-0.15, -0.1) is 0 Å². The van der Waals surface area contributed by atoms with E-state index in [1.807, 2.05) is 19.2 Å². The van der Waals surface area contributed by atoms with Crippen LogP contribution in [-0.2, 0) is 23.7 Å². The molecular weight excluding hydrogens is 340 g/mol. The Bertz CT molecular complexity index is 825. The van der Waals surface area contributed by atoms with Crippen LogP contribution < -0.4 is 0 Å². The first-order valence-electron chi connectivity index (χ1n) is 8.35. The second-order valence-electron chi connectivity index (χ2n) is 6.57. The fraction of sp³-hybridized carbons (Fsp3) is 0.562. The summed E-state index contributed by atoms with van der Waals surface area (Å²) in [5.74, 6) is 0.433. The third-order valence-corrected chi connectivity index (χ3v) is 6.61. The molecule has 1 saturated heterocycles. The second kappa shape index (κ2) is 7.19. The lowest BCUT2D eigenvalue weighted by Gasteiger charge is -2.32. The lowest BCUT2D eigenvalue weighted by atomic mass is 9.93. The summed E-state index contributed by atoms with van der Waals surface area (Å²) < 4.78 is 29.0. The van der Waals surface area contributed by atoms with Crippen LogP contribution in [0.3, 0.4) is 0 Å². The van der Waals surface area contributed by atoms with E-state index in [0.717, 1.165) is 36.3 Å². The summed E-state index contributed by atoms with van der Waals surface area (Å²) >= 11 is 0. The van der Waals surface area contributed by atoms with Crippen molar-refractivity contribution < 1.29 is 8.42 Å². The lowest BCUT2D eigenvalue weighted by molar-refractivity contribution is 0.261. The Morgan fingerprint density at radius 2 is 1.96 bits per heavy atom. The first kappa shape index (κ1) is 18.0. The van der Waals surface area contributed by atoms with Crippen molar-refractivity contribution in [2.24, 2.45) is 13.0 Å². The predicted octanol–water partition coefficient (Wildman–Crippen LogP) is 0.938. The molecule has 2 aromatic rings. The lowest BCUT2D eigenvalue weighted by Crippen LogP contribution is -2.44. The summed E-state index contributed by atoms with van der Waals surface area (Å²) in [7, 11) is 1.72. The van der Waals surface area contributed by atoms with Crippen molar-refractivity contribution in [2.75, 3.05) is 27.2 Å². The van der Waals surface area contributed by atoms with E-state index in [0.29, 0.717) is 19.0 Å². The fourth-order valence-electron chi connectivity index (χ4n) is 3.15. The highest BCUT2D eigenvalue weighted by atomic mass is 32.2. The van der Waals surface area contributed by atoms with Crippen LogP contribution in [-0.4, -0.2) is 64.0 Å². The van der Waals surface area contributed by atoms with Gasteiger partial charge in [0.15, 0.2) is 0 Å². The summed E-state index contributed by atoms with van der Waals surface area (Å²) in [5.41, 5.74) is 2.80. The monoisotopic (exact) mass is 364 g/mol.